The second-order valence-electron chi connectivity index (χ2n) is 5.51. The smallest absolute Gasteiger partial charge is 0.244 e. The number of ether oxygens (including phenoxy) is 1. The van der Waals surface area contributed by atoms with Crippen molar-refractivity contribution in [1.29, 1.82) is 0 Å². The van der Waals surface area contributed by atoms with Gasteiger partial charge in [-0.3, -0.25) is 4.79 Å². The van der Waals surface area contributed by atoms with Crippen molar-refractivity contribution in [2.45, 2.75) is 45.6 Å². The molecule has 1 amide bonds. The van der Waals surface area contributed by atoms with Gasteiger partial charge in [-0.05, 0) is 51.3 Å². The molecule has 20 heavy (non-hydrogen) atoms. The van der Waals surface area contributed by atoms with Gasteiger partial charge in [0.05, 0.1) is 12.6 Å². The molecule has 2 N–H and O–H groups in total. The molecule has 0 aromatic heterocycles. The fourth-order valence-corrected chi connectivity index (χ4v) is 2.98. The quantitative estimate of drug-likeness (QED) is 0.889. The van der Waals surface area contributed by atoms with Gasteiger partial charge in [0.25, 0.3) is 0 Å². The van der Waals surface area contributed by atoms with E-state index in [1.54, 1.807) is 7.11 Å². The van der Waals surface area contributed by atoms with E-state index in [2.05, 4.69) is 17.6 Å². The lowest BCUT2D eigenvalue weighted by Gasteiger charge is -2.27. The Morgan fingerprint density at radius 3 is 2.75 bits per heavy atom. The minimum Gasteiger partial charge on any atom is -0.496 e. The van der Waals surface area contributed by atoms with Crippen molar-refractivity contribution in [2.24, 2.45) is 0 Å². The SMILES string of the molecule is CCC1(C(=O)Nc2ccc(C)c(OC)c2C)CCCN1. The molecule has 1 aromatic rings. The van der Waals surface area contributed by atoms with Crippen LogP contribution in [0.15, 0.2) is 12.1 Å². The van der Waals surface area contributed by atoms with Gasteiger partial charge in [-0.2, -0.15) is 0 Å². The van der Waals surface area contributed by atoms with Gasteiger partial charge in [-0.1, -0.05) is 13.0 Å². The standard InChI is InChI=1S/C16H24N2O2/c1-5-16(9-6-10-17-16)15(19)18-13-8-7-11(2)14(20-4)12(13)3/h7-8,17H,5-6,9-10H2,1-4H3,(H,18,19). The van der Waals surface area contributed by atoms with Crippen LogP contribution in [0.25, 0.3) is 0 Å². The molecule has 0 bridgehead atoms. The molecule has 1 atom stereocenters. The van der Waals surface area contributed by atoms with Crippen molar-refractivity contribution in [3.05, 3.63) is 23.3 Å². The Balaban J connectivity index is 2.24. The first-order chi connectivity index (χ1) is 9.54. The molecule has 1 aliphatic rings. The van der Waals surface area contributed by atoms with Crippen LogP contribution in [0.2, 0.25) is 0 Å². The van der Waals surface area contributed by atoms with Crippen LogP contribution in [0.4, 0.5) is 5.69 Å². The van der Waals surface area contributed by atoms with Crippen LogP contribution in [0, 0.1) is 13.8 Å². The minimum atomic E-state index is -0.412. The summed E-state index contributed by atoms with van der Waals surface area (Å²) in [5.74, 6) is 0.902. The lowest BCUT2D eigenvalue weighted by molar-refractivity contribution is -0.122. The molecule has 0 radical (unpaired) electrons. The number of methoxy groups -OCH3 is 1. The molecule has 1 fully saturated rings. The van der Waals surface area contributed by atoms with Crippen LogP contribution in [-0.4, -0.2) is 25.1 Å². The zero-order chi connectivity index (χ0) is 14.8. The van der Waals surface area contributed by atoms with E-state index in [1.165, 1.54) is 0 Å². The van der Waals surface area contributed by atoms with Crippen LogP contribution < -0.4 is 15.4 Å². The van der Waals surface area contributed by atoms with Crippen LogP contribution in [-0.2, 0) is 4.79 Å². The van der Waals surface area contributed by atoms with Crippen molar-refractivity contribution in [3.8, 4) is 5.75 Å². The topological polar surface area (TPSA) is 50.4 Å². The van der Waals surface area contributed by atoms with E-state index >= 15 is 0 Å². The molecule has 1 unspecified atom stereocenters. The van der Waals surface area contributed by atoms with Crippen LogP contribution in [0.1, 0.15) is 37.3 Å². The average molecular weight is 276 g/mol. The fourth-order valence-electron chi connectivity index (χ4n) is 2.98. The number of aryl methyl sites for hydroxylation is 1. The summed E-state index contributed by atoms with van der Waals surface area (Å²) in [4.78, 5) is 12.6. The lowest BCUT2D eigenvalue weighted by Crippen LogP contribution is -2.50. The van der Waals surface area contributed by atoms with Crippen molar-refractivity contribution < 1.29 is 9.53 Å². The Bertz CT molecular complexity index is 505. The molecule has 1 heterocycles. The van der Waals surface area contributed by atoms with E-state index < -0.39 is 5.54 Å². The first kappa shape index (κ1) is 14.9. The highest BCUT2D eigenvalue weighted by Crippen LogP contribution is 2.31. The third-order valence-corrected chi connectivity index (χ3v) is 4.34. The maximum atomic E-state index is 12.6. The molecular formula is C16H24N2O2. The number of carbonyl (C=O) groups excluding carboxylic acids is 1. The largest absolute Gasteiger partial charge is 0.496 e. The Labute approximate surface area is 120 Å². The van der Waals surface area contributed by atoms with Crippen LogP contribution >= 0.6 is 0 Å². The second kappa shape index (κ2) is 5.83. The second-order valence-corrected chi connectivity index (χ2v) is 5.51. The van der Waals surface area contributed by atoms with Gasteiger partial charge in [0.1, 0.15) is 5.75 Å². The maximum absolute atomic E-state index is 12.6. The number of benzene rings is 1. The monoisotopic (exact) mass is 276 g/mol. The lowest BCUT2D eigenvalue weighted by atomic mass is 9.93. The molecule has 0 aliphatic carbocycles. The first-order valence-corrected chi connectivity index (χ1v) is 7.24. The summed E-state index contributed by atoms with van der Waals surface area (Å²) >= 11 is 0. The fraction of sp³-hybridized carbons (Fsp3) is 0.562. The zero-order valence-corrected chi connectivity index (χ0v) is 12.8. The summed E-state index contributed by atoms with van der Waals surface area (Å²) < 4.78 is 5.41. The number of amides is 1. The highest BCUT2D eigenvalue weighted by molar-refractivity contribution is 5.99. The molecular weight excluding hydrogens is 252 g/mol. The van der Waals surface area contributed by atoms with Gasteiger partial charge in [0.15, 0.2) is 0 Å². The highest BCUT2D eigenvalue weighted by Gasteiger charge is 2.39. The van der Waals surface area contributed by atoms with E-state index in [4.69, 9.17) is 4.74 Å². The average Bonchev–Trinajstić information content (AvgIpc) is 2.92. The van der Waals surface area contributed by atoms with Crippen molar-refractivity contribution in [3.63, 3.8) is 0 Å². The number of carbonyl (C=O) groups is 1. The first-order valence-electron chi connectivity index (χ1n) is 7.24. The number of nitrogens with one attached hydrogen (secondary N) is 2. The summed E-state index contributed by atoms with van der Waals surface area (Å²) in [5, 5.41) is 6.42. The van der Waals surface area contributed by atoms with E-state index in [0.717, 1.165) is 48.4 Å². The van der Waals surface area contributed by atoms with Gasteiger partial charge in [0, 0.05) is 11.3 Å². The number of hydrogen-bond acceptors (Lipinski definition) is 3. The molecule has 1 aromatic carbocycles. The Kier molecular flexibility index (Phi) is 4.33. The molecule has 4 heteroatoms. The summed E-state index contributed by atoms with van der Waals surface area (Å²) in [7, 11) is 1.66. The third kappa shape index (κ3) is 2.52. The van der Waals surface area contributed by atoms with Crippen molar-refractivity contribution in [1.82, 2.24) is 5.32 Å². The molecule has 4 nitrogen and oxygen atoms in total. The van der Waals surface area contributed by atoms with Gasteiger partial charge < -0.3 is 15.4 Å². The molecule has 1 aliphatic heterocycles. The zero-order valence-electron chi connectivity index (χ0n) is 12.8. The van der Waals surface area contributed by atoms with E-state index in [9.17, 15) is 4.79 Å². The van der Waals surface area contributed by atoms with Gasteiger partial charge in [0.2, 0.25) is 5.91 Å². The van der Waals surface area contributed by atoms with E-state index in [1.807, 2.05) is 26.0 Å². The molecule has 110 valence electrons. The highest BCUT2D eigenvalue weighted by atomic mass is 16.5. The Morgan fingerprint density at radius 2 is 2.20 bits per heavy atom. The Morgan fingerprint density at radius 1 is 1.45 bits per heavy atom. The van der Waals surface area contributed by atoms with E-state index in [0.29, 0.717) is 0 Å². The van der Waals surface area contributed by atoms with E-state index in [-0.39, 0.29) is 5.91 Å². The van der Waals surface area contributed by atoms with Gasteiger partial charge in [-0.25, -0.2) is 0 Å². The number of anilines is 1. The normalized spacial score (nSPS) is 21.8. The molecule has 1 saturated heterocycles. The summed E-state index contributed by atoms with van der Waals surface area (Å²) in [6.07, 6.45) is 2.76. The van der Waals surface area contributed by atoms with Crippen molar-refractivity contribution in [2.75, 3.05) is 19.0 Å². The number of hydrogen-bond donors (Lipinski definition) is 2. The Hall–Kier alpha value is -1.55. The predicted molar refractivity (Wildman–Crippen MR) is 81.4 cm³/mol. The third-order valence-electron chi connectivity index (χ3n) is 4.34. The predicted octanol–water partition coefficient (Wildman–Crippen LogP) is 2.78. The van der Waals surface area contributed by atoms with Crippen molar-refractivity contribution >= 4 is 11.6 Å². The van der Waals surface area contributed by atoms with Crippen LogP contribution in [0.5, 0.6) is 5.75 Å². The minimum absolute atomic E-state index is 0.0616. The summed E-state index contributed by atoms with van der Waals surface area (Å²) in [5.41, 5.74) is 2.47. The van der Waals surface area contributed by atoms with Gasteiger partial charge >= 0.3 is 0 Å². The maximum Gasteiger partial charge on any atom is 0.244 e. The summed E-state index contributed by atoms with van der Waals surface area (Å²) in [6, 6.07) is 3.92. The van der Waals surface area contributed by atoms with Gasteiger partial charge in [-0.15, -0.1) is 0 Å². The molecule has 0 spiro atoms. The molecule has 2 rings (SSSR count). The summed E-state index contributed by atoms with van der Waals surface area (Å²) in [6.45, 7) is 6.95. The number of rotatable bonds is 4. The van der Waals surface area contributed by atoms with Crippen LogP contribution in [0.3, 0.4) is 0 Å². The molecule has 0 saturated carbocycles.